The number of hydrogen-bond acceptors (Lipinski definition) is 6. The lowest BCUT2D eigenvalue weighted by Crippen LogP contribution is -2.65. The highest BCUT2D eigenvalue weighted by Crippen LogP contribution is 2.54. The molecule has 4 unspecified atom stereocenters. The predicted molar refractivity (Wildman–Crippen MR) is 93.8 cm³/mol. The van der Waals surface area contributed by atoms with Crippen LogP contribution in [-0.2, 0) is 19.0 Å². The second-order valence-corrected chi connectivity index (χ2v) is 8.22. The first kappa shape index (κ1) is 20.0. The van der Waals surface area contributed by atoms with E-state index in [-0.39, 0.29) is 23.7 Å². The molecular formula is C19H33NO6. The zero-order valence-corrected chi connectivity index (χ0v) is 16.1. The molecule has 3 N–H and O–H groups in total. The van der Waals surface area contributed by atoms with Crippen molar-refractivity contribution in [2.45, 2.75) is 83.3 Å². The molecule has 26 heavy (non-hydrogen) atoms. The van der Waals surface area contributed by atoms with Crippen LogP contribution in [0.1, 0.15) is 59.3 Å². The summed E-state index contributed by atoms with van der Waals surface area (Å²) in [5, 5.41) is 24.8. The van der Waals surface area contributed by atoms with Gasteiger partial charge in [0.1, 0.15) is 5.60 Å². The minimum atomic E-state index is -1.32. The summed E-state index contributed by atoms with van der Waals surface area (Å²) in [6, 6.07) is 0. The summed E-state index contributed by atoms with van der Waals surface area (Å²) in [6.45, 7) is 6.22. The topological polar surface area (TPSA) is 97.3 Å². The van der Waals surface area contributed by atoms with Crippen LogP contribution in [0.25, 0.3) is 0 Å². The molecule has 0 radical (unpaired) electrons. The highest BCUT2D eigenvalue weighted by atomic mass is 16.8. The predicted octanol–water partition coefficient (Wildman–Crippen LogP) is 1.51. The van der Waals surface area contributed by atoms with E-state index in [1.165, 1.54) is 0 Å². The third kappa shape index (κ3) is 3.78. The van der Waals surface area contributed by atoms with Gasteiger partial charge in [-0.25, -0.2) is 0 Å². The maximum atomic E-state index is 11.6. The molecule has 1 saturated carbocycles. The van der Waals surface area contributed by atoms with Crippen molar-refractivity contribution < 1.29 is 29.2 Å². The number of carbonyl (C=O) groups is 1. The van der Waals surface area contributed by atoms with E-state index >= 15 is 0 Å². The summed E-state index contributed by atoms with van der Waals surface area (Å²) < 4.78 is 17.7. The van der Waals surface area contributed by atoms with Crippen LogP contribution >= 0.6 is 0 Å². The van der Waals surface area contributed by atoms with Gasteiger partial charge in [-0.2, -0.15) is 0 Å². The maximum absolute atomic E-state index is 11.6. The van der Waals surface area contributed by atoms with Crippen molar-refractivity contribution in [2.75, 3.05) is 13.2 Å². The number of aliphatic hydroxyl groups is 2. The van der Waals surface area contributed by atoms with E-state index in [4.69, 9.17) is 14.2 Å². The molecule has 0 aromatic rings. The Morgan fingerprint density at radius 2 is 2.08 bits per heavy atom. The minimum Gasteiger partial charge on any atom is -0.384 e. The molecule has 0 spiro atoms. The molecule has 7 nitrogen and oxygen atoms in total. The van der Waals surface area contributed by atoms with Crippen LogP contribution in [0, 0.1) is 17.8 Å². The van der Waals surface area contributed by atoms with Gasteiger partial charge in [0.2, 0.25) is 5.91 Å². The standard InChI is InChI=1S/C19H33NO6/c1-4-15(21)20-10-11-24-16-12(2)14-7-5-6-13-8-9-18(3,22)26-17(25-16)19(13,14)23/h12-14,16-17,22-23H,4-11H2,1-3H3,(H,20,21)/t12-,13?,14?,16?,17-,18?,19-/m1/s1. The average molecular weight is 371 g/mol. The van der Waals surface area contributed by atoms with Gasteiger partial charge in [0.15, 0.2) is 18.4 Å². The molecule has 7 atom stereocenters. The Hall–Kier alpha value is -0.730. The molecule has 2 aliphatic heterocycles. The largest absolute Gasteiger partial charge is 0.384 e. The van der Waals surface area contributed by atoms with E-state index in [0.717, 1.165) is 25.7 Å². The van der Waals surface area contributed by atoms with Crippen LogP contribution < -0.4 is 5.32 Å². The summed E-state index contributed by atoms with van der Waals surface area (Å²) in [5.74, 6) is -1.26. The molecule has 0 bridgehead atoms. The Bertz CT molecular complexity index is 512. The first-order valence-corrected chi connectivity index (χ1v) is 9.94. The van der Waals surface area contributed by atoms with Gasteiger partial charge in [-0.3, -0.25) is 4.79 Å². The van der Waals surface area contributed by atoms with Crippen molar-refractivity contribution in [3.63, 3.8) is 0 Å². The third-order valence-electron chi connectivity index (χ3n) is 6.36. The molecule has 0 aromatic heterocycles. The molecule has 1 aliphatic carbocycles. The van der Waals surface area contributed by atoms with Gasteiger partial charge in [0.25, 0.3) is 0 Å². The SMILES string of the molecule is CCC(=O)NCCOC1O[C@@H]2OC(C)(O)CCC3CCCC([C@H]1C)[C@]32O. The summed E-state index contributed by atoms with van der Waals surface area (Å²) >= 11 is 0. The van der Waals surface area contributed by atoms with Gasteiger partial charge in [-0.15, -0.1) is 0 Å². The Morgan fingerprint density at radius 1 is 1.31 bits per heavy atom. The maximum Gasteiger partial charge on any atom is 0.219 e. The molecule has 2 heterocycles. The molecule has 3 fully saturated rings. The van der Waals surface area contributed by atoms with Crippen LogP contribution in [0.5, 0.6) is 0 Å². The smallest absolute Gasteiger partial charge is 0.219 e. The summed E-state index contributed by atoms with van der Waals surface area (Å²) in [4.78, 5) is 11.3. The van der Waals surface area contributed by atoms with Gasteiger partial charge in [-0.1, -0.05) is 20.3 Å². The fraction of sp³-hybridized carbons (Fsp3) is 0.947. The van der Waals surface area contributed by atoms with Crippen LogP contribution in [0.2, 0.25) is 0 Å². The quantitative estimate of drug-likeness (QED) is 0.634. The number of ether oxygens (including phenoxy) is 3. The fourth-order valence-electron chi connectivity index (χ4n) is 4.86. The van der Waals surface area contributed by atoms with Crippen molar-refractivity contribution in [2.24, 2.45) is 17.8 Å². The Morgan fingerprint density at radius 3 is 2.81 bits per heavy atom. The van der Waals surface area contributed by atoms with Crippen molar-refractivity contribution in [1.82, 2.24) is 5.32 Å². The van der Waals surface area contributed by atoms with Gasteiger partial charge in [0.05, 0.1) is 6.61 Å². The van der Waals surface area contributed by atoms with Crippen LogP contribution in [0.4, 0.5) is 0 Å². The second-order valence-electron chi connectivity index (χ2n) is 8.22. The number of amides is 1. The second kappa shape index (κ2) is 7.72. The first-order chi connectivity index (χ1) is 12.3. The monoisotopic (exact) mass is 371 g/mol. The summed E-state index contributed by atoms with van der Waals surface area (Å²) in [5.41, 5.74) is -1.09. The zero-order valence-electron chi connectivity index (χ0n) is 16.1. The van der Waals surface area contributed by atoms with Gasteiger partial charge in [-0.05, 0) is 32.1 Å². The molecule has 3 rings (SSSR count). The highest BCUT2D eigenvalue weighted by Gasteiger charge is 2.62. The lowest BCUT2D eigenvalue weighted by atomic mass is 9.61. The van der Waals surface area contributed by atoms with Gasteiger partial charge < -0.3 is 29.7 Å². The summed E-state index contributed by atoms with van der Waals surface area (Å²) in [7, 11) is 0. The molecule has 150 valence electrons. The zero-order chi connectivity index (χ0) is 18.9. The van der Waals surface area contributed by atoms with Gasteiger partial charge >= 0.3 is 0 Å². The van der Waals surface area contributed by atoms with E-state index in [1.807, 2.05) is 6.92 Å². The van der Waals surface area contributed by atoms with Crippen LogP contribution in [0.3, 0.4) is 0 Å². The number of nitrogens with one attached hydrogen (secondary N) is 1. The third-order valence-corrected chi connectivity index (χ3v) is 6.36. The van der Waals surface area contributed by atoms with E-state index in [2.05, 4.69) is 5.32 Å². The van der Waals surface area contributed by atoms with Crippen LogP contribution in [0.15, 0.2) is 0 Å². The highest BCUT2D eigenvalue weighted by molar-refractivity contribution is 5.75. The van der Waals surface area contributed by atoms with Crippen molar-refractivity contribution in [3.8, 4) is 0 Å². The Labute approximate surface area is 155 Å². The number of rotatable bonds is 5. The lowest BCUT2D eigenvalue weighted by Gasteiger charge is -2.55. The Balaban J connectivity index is 1.71. The molecular weight excluding hydrogens is 338 g/mol. The average Bonchev–Trinajstić information content (AvgIpc) is 2.69. The molecule has 0 aromatic carbocycles. The van der Waals surface area contributed by atoms with E-state index in [1.54, 1.807) is 13.8 Å². The minimum absolute atomic E-state index is 0.00383. The van der Waals surface area contributed by atoms with E-state index in [0.29, 0.717) is 26.0 Å². The van der Waals surface area contributed by atoms with Gasteiger partial charge in [0, 0.05) is 31.2 Å². The summed E-state index contributed by atoms with van der Waals surface area (Å²) in [6.07, 6.45) is 3.09. The lowest BCUT2D eigenvalue weighted by molar-refractivity contribution is -0.405. The fourth-order valence-corrected chi connectivity index (χ4v) is 4.86. The first-order valence-electron chi connectivity index (χ1n) is 9.94. The molecule has 2 saturated heterocycles. The normalized spacial score (nSPS) is 45.5. The van der Waals surface area contributed by atoms with Crippen molar-refractivity contribution >= 4 is 5.91 Å². The Kier molecular flexibility index (Phi) is 5.94. The number of carbonyl (C=O) groups excluding carboxylic acids is 1. The molecule has 1 amide bonds. The van der Waals surface area contributed by atoms with E-state index in [9.17, 15) is 15.0 Å². The van der Waals surface area contributed by atoms with Crippen molar-refractivity contribution in [3.05, 3.63) is 0 Å². The number of hydrogen-bond donors (Lipinski definition) is 3. The molecule has 3 aliphatic rings. The van der Waals surface area contributed by atoms with Crippen LogP contribution in [-0.4, -0.2) is 53.2 Å². The molecule has 7 heteroatoms. The van der Waals surface area contributed by atoms with E-state index < -0.39 is 24.0 Å². The van der Waals surface area contributed by atoms with Crippen molar-refractivity contribution in [1.29, 1.82) is 0 Å².